The molecule has 116 valence electrons. The lowest BCUT2D eigenvalue weighted by Crippen LogP contribution is -2.31. The number of benzene rings is 2. The largest absolute Gasteiger partial charge is 0.489 e. The van der Waals surface area contributed by atoms with E-state index in [0.29, 0.717) is 12.6 Å². The summed E-state index contributed by atoms with van der Waals surface area (Å²) in [7, 11) is 0. The minimum Gasteiger partial charge on any atom is -0.489 e. The summed E-state index contributed by atoms with van der Waals surface area (Å²) in [5.41, 5.74) is 2.42. The van der Waals surface area contributed by atoms with Crippen molar-refractivity contribution < 1.29 is 9.84 Å². The molecule has 0 bridgehead atoms. The molecule has 0 aliphatic carbocycles. The van der Waals surface area contributed by atoms with E-state index in [4.69, 9.17) is 4.74 Å². The number of ether oxygens (including phenoxy) is 1. The van der Waals surface area contributed by atoms with Crippen LogP contribution in [0.5, 0.6) is 5.75 Å². The molecule has 22 heavy (non-hydrogen) atoms. The van der Waals surface area contributed by atoms with Gasteiger partial charge >= 0.3 is 0 Å². The first-order chi connectivity index (χ1) is 10.8. The second-order valence-corrected chi connectivity index (χ2v) is 5.87. The number of rotatable bonds is 6. The van der Waals surface area contributed by atoms with Gasteiger partial charge in [-0.1, -0.05) is 42.5 Å². The maximum Gasteiger partial charge on any atom is 0.120 e. The average molecular weight is 297 g/mol. The molecule has 3 heteroatoms. The van der Waals surface area contributed by atoms with Crippen molar-refractivity contribution in [3.8, 4) is 5.75 Å². The highest BCUT2D eigenvalue weighted by molar-refractivity contribution is 5.29. The van der Waals surface area contributed by atoms with Crippen LogP contribution in [-0.4, -0.2) is 29.2 Å². The predicted molar refractivity (Wildman–Crippen MR) is 87.7 cm³/mol. The fourth-order valence-corrected chi connectivity index (χ4v) is 3.02. The molecule has 0 spiro atoms. The first-order valence-corrected chi connectivity index (χ1v) is 7.96. The molecule has 3 nitrogen and oxygen atoms in total. The summed E-state index contributed by atoms with van der Waals surface area (Å²) in [5.74, 6) is 0.904. The molecule has 0 saturated carbocycles. The van der Waals surface area contributed by atoms with E-state index >= 15 is 0 Å². The van der Waals surface area contributed by atoms with Gasteiger partial charge in [-0.3, -0.25) is 4.90 Å². The fourth-order valence-electron chi connectivity index (χ4n) is 3.02. The monoisotopic (exact) mass is 297 g/mol. The first-order valence-electron chi connectivity index (χ1n) is 7.96. The fraction of sp³-hybridized carbons (Fsp3) is 0.368. The van der Waals surface area contributed by atoms with Crippen LogP contribution in [0.3, 0.4) is 0 Å². The van der Waals surface area contributed by atoms with E-state index in [1.165, 1.54) is 17.5 Å². The molecule has 2 aromatic carbocycles. The second-order valence-electron chi connectivity index (χ2n) is 5.87. The lowest BCUT2D eigenvalue weighted by molar-refractivity contribution is 0.153. The molecule has 1 fully saturated rings. The number of hydrogen-bond acceptors (Lipinski definition) is 3. The molecule has 1 heterocycles. The summed E-state index contributed by atoms with van der Waals surface area (Å²) in [6.07, 6.45) is 2.27. The van der Waals surface area contributed by atoms with Crippen molar-refractivity contribution >= 4 is 0 Å². The van der Waals surface area contributed by atoms with Crippen molar-refractivity contribution in [1.29, 1.82) is 0 Å². The van der Waals surface area contributed by atoms with Crippen molar-refractivity contribution in [2.75, 3.05) is 13.2 Å². The minimum absolute atomic E-state index is 0.254. The predicted octanol–water partition coefficient (Wildman–Crippen LogP) is 3.22. The lowest BCUT2D eigenvalue weighted by atomic mass is 10.2. The molecule has 2 aromatic rings. The van der Waals surface area contributed by atoms with Crippen LogP contribution in [0, 0.1) is 0 Å². The maximum atomic E-state index is 9.41. The number of aliphatic hydroxyl groups is 1. The maximum absolute atomic E-state index is 9.41. The second kappa shape index (κ2) is 7.43. The molecule has 1 unspecified atom stereocenters. The summed E-state index contributed by atoms with van der Waals surface area (Å²) in [6.45, 7) is 2.80. The number of likely N-dealkylation sites (tertiary alicyclic amines) is 1. The highest BCUT2D eigenvalue weighted by atomic mass is 16.5. The molecular weight excluding hydrogens is 274 g/mol. The Morgan fingerprint density at radius 3 is 2.68 bits per heavy atom. The molecule has 0 amide bonds. The van der Waals surface area contributed by atoms with Crippen LogP contribution >= 0.6 is 0 Å². The Kier molecular flexibility index (Phi) is 5.09. The normalized spacial score (nSPS) is 18.5. The van der Waals surface area contributed by atoms with Gasteiger partial charge in [0.2, 0.25) is 0 Å². The zero-order valence-corrected chi connectivity index (χ0v) is 12.8. The van der Waals surface area contributed by atoms with E-state index < -0.39 is 0 Å². The van der Waals surface area contributed by atoms with Crippen LogP contribution in [0.15, 0.2) is 54.6 Å². The van der Waals surface area contributed by atoms with Gasteiger partial charge in [-0.05, 0) is 42.6 Å². The van der Waals surface area contributed by atoms with E-state index in [1.54, 1.807) is 0 Å². The van der Waals surface area contributed by atoms with Crippen LogP contribution in [-0.2, 0) is 13.2 Å². The number of aliphatic hydroxyl groups excluding tert-OH is 1. The highest BCUT2D eigenvalue weighted by Crippen LogP contribution is 2.22. The lowest BCUT2D eigenvalue weighted by Gasteiger charge is -2.22. The van der Waals surface area contributed by atoms with E-state index in [-0.39, 0.29) is 6.61 Å². The Labute approximate surface area is 132 Å². The number of nitrogens with zero attached hydrogens (tertiary/aromatic N) is 1. The summed E-state index contributed by atoms with van der Waals surface area (Å²) in [5, 5.41) is 9.41. The third-order valence-electron chi connectivity index (χ3n) is 4.24. The van der Waals surface area contributed by atoms with E-state index in [1.807, 2.05) is 30.3 Å². The molecule has 1 aliphatic heterocycles. The van der Waals surface area contributed by atoms with Crippen molar-refractivity contribution in [1.82, 2.24) is 4.90 Å². The van der Waals surface area contributed by atoms with Gasteiger partial charge in [-0.15, -0.1) is 0 Å². The van der Waals surface area contributed by atoms with Crippen LogP contribution in [0.1, 0.15) is 24.0 Å². The number of hydrogen-bond donors (Lipinski definition) is 1. The third kappa shape index (κ3) is 3.87. The van der Waals surface area contributed by atoms with E-state index in [9.17, 15) is 5.11 Å². The summed E-state index contributed by atoms with van der Waals surface area (Å²) < 4.78 is 5.88. The van der Waals surface area contributed by atoms with Gasteiger partial charge in [0.25, 0.3) is 0 Å². The minimum atomic E-state index is 0.254. The highest BCUT2D eigenvalue weighted by Gasteiger charge is 2.23. The quantitative estimate of drug-likeness (QED) is 0.888. The molecule has 0 radical (unpaired) electrons. The topological polar surface area (TPSA) is 32.7 Å². The average Bonchev–Trinajstić information content (AvgIpc) is 3.01. The molecule has 1 saturated heterocycles. The van der Waals surface area contributed by atoms with Gasteiger partial charge in [-0.2, -0.15) is 0 Å². The molecule has 1 aliphatic rings. The zero-order chi connectivity index (χ0) is 15.2. The standard InChI is InChI=1S/C19H23NO2/c21-14-18-9-5-11-20(18)13-17-8-4-10-19(12-17)22-15-16-6-2-1-3-7-16/h1-4,6-8,10,12,18,21H,5,9,11,13-15H2. The Morgan fingerprint density at radius 1 is 1.05 bits per heavy atom. The molecular formula is C19H23NO2. The van der Waals surface area contributed by atoms with Gasteiger partial charge < -0.3 is 9.84 Å². The Morgan fingerprint density at radius 2 is 1.86 bits per heavy atom. The van der Waals surface area contributed by atoms with Crippen LogP contribution in [0.25, 0.3) is 0 Å². The van der Waals surface area contributed by atoms with Gasteiger partial charge in [0.05, 0.1) is 6.61 Å². The van der Waals surface area contributed by atoms with Crippen LogP contribution in [0.2, 0.25) is 0 Å². The molecule has 0 aromatic heterocycles. The van der Waals surface area contributed by atoms with Crippen molar-refractivity contribution in [2.24, 2.45) is 0 Å². The molecule has 3 rings (SSSR count). The third-order valence-corrected chi connectivity index (χ3v) is 4.24. The van der Waals surface area contributed by atoms with Gasteiger partial charge in [0.15, 0.2) is 0 Å². The zero-order valence-electron chi connectivity index (χ0n) is 12.8. The van der Waals surface area contributed by atoms with Gasteiger partial charge in [-0.25, -0.2) is 0 Å². The molecule has 1 N–H and O–H groups in total. The SMILES string of the molecule is OCC1CCCN1Cc1cccc(OCc2ccccc2)c1. The summed E-state index contributed by atoms with van der Waals surface area (Å²) in [4.78, 5) is 2.36. The smallest absolute Gasteiger partial charge is 0.120 e. The van der Waals surface area contributed by atoms with Gasteiger partial charge in [0, 0.05) is 12.6 Å². The summed E-state index contributed by atoms with van der Waals surface area (Å²) in [6, 6.07) is 18.8. The van der Waals surface area contributed by atoms with E-state index in [2.05, 4.69) is 29.2 Å². The van der Waals surface area contributed by atoms with Crippen molar-refractivity contribution in [3.05, 3.63) is 65.7 Å². The van der Waals surface area contributed by atoms with Crippen LogP contribution < -0.4 is 4.74 Å². The Bertz CT molecular complexity index is 585. The van der Waals surface area contributed by atoms with Gasteiger partial charge in [0.1, 0.15) is 12.4 Å². The van der Waals surface area contributed by atoms with Crippen LogP contribution in [0.4, 0.5) is 0 Å². The van der Waals surface area contributed by atoms with Crippen molar-refractivity contribution in [3.63, 3.8) is 0 Å². The molecule has 1 atom stereocenters. The summed E-state index contributed by atoms with van der Waals surface area (Å²) >= 11 is 0. The Balaban J connectivity index is 1.60. The Hall–Kier alpha value is -1.84. The first kappa shape index (κ1) is 15.1. The van der Waals surface area contributed by atoms with Crippen molar-refractivity contribution in [2.45, 2.75) is 32.0 Å². The van der Waals surface area contributed by atoms with E-state index in [0.717, 1.165) is 25.3 Å².